The van der Waals surface area contributed by atoms with Crippen LogP contribution in [0, 0.1) is 11.3 Å². The number of hydrogen-bond donors (Lipinski definition) is 2. The molecule has 3 N–H and O–H groups in total. The number of hydrogen-bond acceptors (Lipinski definition) is 4. The van der Waals surface area contributed by atoms with Crippen molar-refractivity contribution in [1.82, 2.24) is 4.90 Å². The summed E-state index contributed by atoms with van der Waals surface area (Å²) in [6, 6.07) is 0. The lowest BCUT2D eigenvalue weighted by molar-refractivity contribution is -0.173. The van der Waals surface area contributed by atoms with Gasteiger partial charge in [0.15, 0.2) is 0 Å². The van der Waals surface area contributed by atoms with Crippen molar-refractivity contribution in [3.63, 3.8) is 0 Å². The van der Waals surface area contributed by atoms with Crippen LogP contribution in [0.4, 0.5) is 0 Å². The van der Waals surface area contributed by atoms with Crippen molar-refractivity contribution in [1.29, 1.82) is 0 Å². The molecule has 0 aromatic rings. The maximum absolute atomic E-state index is 12.5. The van der Waals surface area contributed by atoms with Crippen molar-refractivity contribution in [3.8, 4) is 0 Å². The Kier molecular flexibility index (Phi) is 2.88. The molecule has 102 valence electrons. The molecule has 1 aliphatic carbocycles. The highest BCUT2D eigenvalue weighted by Crippen LogP contribution is 2.46. The number of nitrogens with zero attached hydrogens (tertiary/aromatic N) is 1. The normalized spacial score (nSPS) is 29.8. The zero-order chi connectivity index (χ0) is 12.8. The van der Waals surface area contributed by atoms with Gasteiger partial charge in [-0.05, 0) is 31.6 Å². The fourth-order valence-corrected chi connectivity index (χ4v) is 3.24. The van der Waals surface area contributed by atoms with Crippen molar-refractivity contribution in [2.75, 3.05) is 32.8 Å². The van der Waals surface area contributed by atoms with Crippen molar-refractivity contribution >= 4 is 5.91 Å². The van der Waals surface area contributed by atoms with Crippen LogP contribution in [0.1, 0.15) is 25.7 Å². The van der Waals surface area contributed by atoms with E-state index in [-0.39, 0.29) is 5.91 Å². The van der Waals surface area contributed by atoms with Gasteiger partial charge in [0, 0.05) is 19.8 Å². The number of rotatable bonds is 3. The number of aliphatic hydroxyl groups is 1. The fraction of sp³-hybridized carbons (Fsp3) is 0.923. The summed E-state index contributed by atoms with van der Waals surface area (Å²) in [5.41, 5.74) is 4.79. The summed E-state index contributed by atoms with van der Waals surface area (Å²) in [5.74, 6) is 0.545. The van der Waals surface area contributed by atoms with E-state index in [2.05, 4.69) is 0 Å². The van der Waals surface area contributed by atoms with Crippen molar-refractivity contribution in [2.24, 2.45) is 17.1 Å². The zero-order valence-electron chi connectivity index (χ0n) is 10.7. The lowest BCUT2D eigenvalue weighted by Crippen LogP contribution is -2.68. The standard InChI is InChI=1S/C13H22N2O3/c14-7-12(3-5-18-6-4-12)11(16)15-8-13(17,9-15)10-1-2-10/h10,17H,1-9,14H2. The smallest absolute Gasteiger partial charge is 0.230 e. The Labute approximate surface area is 107 Å². The molecule has 0 aromatic heterocycles. The molecule has 0 aromatic carbocycles. The first-order valence-corrected chi connectivity index (χ1v) is 6.89. The van der Waals surface area contributed by atoms with Gasteiger partial charge in [0.2, 0.25) is 5.91 Å². The van der Waals surface area contributed by atoms with E-state index in [1.165, 1.54) is 0 Å². The Morgan fingerprint density at radius 1 is 1.33 bits per heavy atom. The van der Waals surface area contributed by atoms with Crippen LogP contribution in [0.2, 0.25) is 0 Å². The van der Waals surface area contributed by atoms with Crippen LogP contribution in [0.5, 0.6) is 0 Å². The molecule has 0 bridgehead atoms. The van der Waals surface area contributed by atoms with Gasteiger partial charge in [0.1, 0.15) is 5.60 Å². The zero-order valence-corrected chi connectivity index (χ0v) is 10.7. The molecule has 18 heavy (non-hydrogen) atoms. The van der Waals surface area contributed by atoms with Crippen LogP contribution in [0.3, 0.4) is 0 Å². The molecule has 0 atom stereocenters. The van der Waals surface area contributed by atoms with Crippen molar-refractivity contribution in [2.45, 2.75) is 31.3 Å². The Bertz CT molecular complexity index is 342. The molecule has 0 radical (unpaired) electrons. The second kappa shape index (κ2) is 4.18. The lowest BCUT2D eigenvalue weighted by atomic mass is 9.76. The van der Waals surface area contributed by atoms with Crippen LogP contribution < -0.4 is 5.73 Å². The van der Waals surface area contributed by atoms with Gasteiger partial charge in [0.25, 0.3) is 0 Å². The van der Waals surface area contributed by atoms with Gasteiger partial charge in [-0.25, -0.2) is 0 Å². The highest BCUT2D eigenvalue weighted by atomic mass is 16.5. The number of β-amino-alcohol motifs (C(OH)–C–C–N with tert-alkyl or cyclic N) is 1. The number of carbonyl (C=O) groups excluding carboxylic acids is 1. The Balaban J connectivity index is 1.64. The Morgan fingerprint density at radius 3 is 2.44 bits per heavy atom. The van der Waals surface area contributed by atoms with E-state index in [4.69, 9.17) is 10.5 Å². The van der Waals surface area contributed by atoms with E-state index in [0.717, 1.165) is 12.8 Å². The summed E-state index contributed by atoms with van der Waals surface area (Å²) in [6.45, 7) is 2.61. The topological polar surface area (TPSA) is 75.8 Å². The summed E-state index contributed by atoms with van der Waals surface area (Å²) in [7, 11) is 0. The highest BCUT2D eigenvalue weighted by molar-refractivity contribution is 5.84. The predicted molar refractivity (Wildman–Crippen MR) is 65.8 cm³/mol. The number of ether oxygens (including phenoxy) is 1. The molecule has 3 fully saturated rings. The summed E-state index contributed by atoms with van der Waals surface area (Å²) in [4.78, 5) is 14.3. The number of amides is 1. The molecule has 5 heteroatoms. The molecule has 2 saturated heterocycles. The molecule has 2 aliphatic heterocycles. The van der Waals surface area contributed by atoms with Crippen LogP contribution in [0.15, 0.2) is 0 Å². The second-order valence-electron chi connectivity index (χ2n) is 6.14. The molecule has 2 heterocycles. The van der Waals surface area contributed by atoms with Crippen molar-refractivity contribution in [3.05, 3.63) is 0 Å². The van der Waals surface area contributed by atoms with E-state index in [1.807, 2.05) is 0 Å². The molecular weight excluding hydrogens is 232 g/mol. The van der Waals surface area contributed by atoms with E-state index in [1.54, 1.807) is 4.90 Å². The van der Waals surface area contributed by atoms with Crippen LogP contribution in [-0.4, -0.2) is 54.4 Å². The summed E-state index contributed by atoms with van der Waals surface area (Å²) in [6.07, 6.45) is 3.63. The highest BCUT2D eigenvalue weighted by Gasteiger charge is 2.55. The Hall–Kier alpha value is -0.650. The van der Waals surface area contributed by atoms with Gasteiger partial charge in [-0.15, -0.1) is 0 Å². The molecular formula is C13H22N2O3. The summed E-state index contributed by atoms with van der Waals surface area (Å²) >= 11 is 0. The molecule has 1 amide bonds. The minimum Gasteiger partial charge on any atom is -0.386 e. The third kappa shape index (κ3) is 1.85. The second-order valence-corrected chi connectivity index (χ2v) is 6.14. The number of carbonyl (C=O) groups is 1. The number of likely N-dealkylation sites (tertiary alicyclic amines) is 1. The van der Waals surface area contributed by atoms with Crippen LogP contribution in [-0.2, 0) is 9.53 Å². The maximum atomic E-state index is 12.5. The predicted octanol–water partition coefficient (Wildman–Crippen LogP) is -0.275. The lowest BCUT2D eigenvalue weighted by Gasteiger charge is -2.50. The fourth-order valence-electron chi connectivity index (χ4n) is 3.24. The molecule has 0 unspecified atom stereocenters. The summed E-state index contributed by atoms with van der Waals surface area (Å²) < 4.78 is 5.32. The first-order valence-electron chi connectivity index (χ1n) is 6.89. The molecule has 5 nitrogen and oxygen atoms in total. The minimum absolute atomic E-state index is 0.124. The molecule has 0 spiro atoms. The average molecular weight is 254 g/mol. The van der Waals surface area contributed by atoms with E-state index in [9.17, 15) is 9.90 Å². The van der Waals surface area contributed by atoms with E-state index < -0.39 is 11.0 Å². The molecule has 3 rings (SSSR count). The average Bonchev–Trinajstić information content (AvgIpc) is 3.19. The van der Waals surface area contributed by atoms with Gasteiger partial charge >= 0.3 is 0 Å². The van der Waals surface area contributed by atoms with E-state index >= 15 is 0 Å². The van der Waals surface area contributed by atoms with Crippen molar-refractivity contribution < 1.29 is 14.6 Å². The van der Waals surface area contributed by atoms with Crippen LogP contribution >= 0.6 is 0 Å². The largest absolute Gasteiger partial charge is 0.386 e. The van der Waals surface area contributed by atoms with Crippen LogP contribution in [0.25, 0.3) is 0 Å². The van der Waals surface area contributed by atoms with E-state index in [0.29, 0.717) is 51.6 Å². The third-order valence-electron chi connectivity index (χ3n) is 4.85. The van der Waals surface area contributed by atoms with Gasteiger partial charge in [-0.1, -0.05) is 0 Å². The first-order chi connectivity index (χ1) is 8.60. The van der Waals surface area contributed by atoms with Gasteiger partial charge < -0.3 is 20.5 Å². The van der Waals surface area contributed by atoms with Gasteiger partial charge in [-0.2, -0.15) is 0 Å². The minimum atomic E-state index is -0.601. The number of nitrogens with two attached hydrogens (primary N) is 1. The quantitative estimate of drug-likeness (QED) is 0.726. The van der Waals surface area contributed by atoms with Gasteiger partial charge in [0.05, 0.1) is 18.5 Å². The Morgan fingerprint density at radius 2 is 1.94 bits per heavy atom. The third-order valence-corrected chi connectivity index (χ3v) is 4.85. The SMILES string of the molecule is NCC1(C(=O)N2CC(O)(C3CC3)C2)CCOCC1. The first kappa shape index (κ1) is 12.4. The van der Waals surface area contributed by atoms with Gasteiger partial charge in [-0.3, -0.25) is 4.79 Å². The maximum Gasteiger partial charge on any atom is 0.230 e. The molecule has 3 aliphatic rings. The summed E-state index contributed by atoms with van der Waals surface area (Å²) in [5, 5.41) is 10.3. The monoisotopic (exact) mass is 254 g/mol. The molecule has 1 saturated carbocycles.